The fraction of sp³-hybridized carbons (Fsp3) is 0.885. The predicted molar refractivity (Wildman–Crippen MR) is 123 cm³/mol. The summed E-state index contributed by atoms with van der Waals surface area (Å²) in [7, 11) is 0. The van der Waals surface area contributed by atoms with Crippen molar-refractivity contribution in [3.63, 3.8) is 0 Å². The summed E-state index contributed by atoms with van der Waals surface area (Å²) in [6.45, 7) is 10.2. The lowest BCUT2D eigenvalue weighted by Gasteiger charge is -2.61. The van der Waals surface area contributed by atoms with Crippen molar-refractivity contribution in [1.29, 1.82) is 0 Å². The molecule has 0 bridgehead atoms. The maximum atomic E-state index is 13.2. The number of carbonyl (C=O) groups is 1. The molecule has 2 heterocycles. The van der Waals surface area contributed by atoms with E-state index in [1.165, 1.54) is 5.57 Å². The molecule has 32 heavy (non-hydrogen) atoms. The molecule has 4 N–H and O–H groups in total. The van der Waals surface area contributed by atoms with Gasteiger partial charge in [-0.05, 0) is 95.8 Å². The lowest BCUT2D eigenvalue weighted by molar-refractivity contribution is -0.175. The molecular weight excluding hydrogens is 406 g/mol. The summed E-state index contributed by atoms with van der Waals surface area (Å²) in [5, 5.41) is 42.2. The van der Waals surface area contributed by atoms with E-state index in [0.29, 0.717) is 25.7 Å². The molecule has 0 radical (unpaired) electrons. The number of nitrogens with zero attached hydrogens (tertiary/aromatic N) is 1. The summed E-state index contributed by atoms with van der Waals surface area (Å²) in [5.41, 5.74) is -0.792. The molecule has 3 fully saturated rings. The van der Waals surface area contributed by atoms with Gasteiger partial charge in [0.25, 0.3) is 0 Å². The highest BCUT2D eigenvalue weighted by Crippen LogP contribution is 2.63. The lowest BCUT2D eigenvalue weighted by atomic mass is 9.52. The second kappa shape index (κ2) is 7.79. The third-order valence-corrected chi connectivity index (χ3v) is 9.63. The lowest BCUT2D eigenvalue weighted by Crippen LogP contribution is -2.69. The van der Waals surface area contributed by atoms with Crippen LogP contribution in [0.4, 0.5) is 0 Å². The number of piperidine rings is 2. The summed E-state index contributed by atoms with van der Waals surface area (Å²) in [6, 6.07) is 0. The number of aliphatic hydroxyl groups is 4. The average molecular weight is 450 g/mol. The quantitative estimate of drug-likeness (QED) is 0.484. The van der Waals surface area contributed by atoms with Crippen LogP contribution in [-0.4, -0.2) is 66.7 Å². The minimum absolute atomic E-state index is 0.0743. The van der Waals surface area contributed by atoms with Crippen LogP contribution in [0.15, 0.2) is 11.6 Å². The van der Waals surface area contributed by atoms with Crippen LogP contribution in [0.1, 0.15) is 86.0 Å². The van der Waals surface area contributed by atoms with Crippen LogP contribution in [0, 0.1) is 23.2 Å². The summed E-state index contributed by atoms with van der Waals surface area (Å²) in [5.74, 6) is 0.584. The number of rotatable bonds is 5. The van der Waals surface area contributed by atoms with Crippen molar-refractivity contribution < 1.29 is 25.2 Å². The molecule has 1 amide bonds. The summed E-state index contributed by atoms with van der Waals surface area (Å²) < 4.78 is 0. The van der Waals surface area contributed by atoms with E-state index >= 15 is 0 Å². The number of β-amino-alcohol motifs (C(OH)–C–C–N with tert-alkyl or cyclic N) is 1. The molecular formula is C26H43NO5. The summed E-state index contributed by atoms with van der Waals surface area (Å²) in [4.78, 5) is 15.0. The highest BCUT2D eigenvalue weighted by Gasteiger charge is 2.61. The van der Waals surface area contributed by atoms with Gasteiger partial charge in [0, 0.05) is 18.5 Å². The first kappa shape index (κ1) is 24.2. The Kier molecular flexibility index (Phi) is 5.89. The van der Waals surface area contributed by atoms with Gasteiger partial charge < -0.3 is 25.3 Å². The Hall–Kier alpha value is -0.950. The normalized spacial score (nSPS) is 43.8. The average Bonchev–Trinajstić information content (AvgIpc) is 3.01. The SMILES string of the molecule is CC(C)(O)CCCC(C)(O)C1CC=C2C3CC(=O)N4CC(O)C(O)CC4(C)C3CCC21C. The number of amides is 1. The first-order valence-electron chi connectivity index (χ1n) is 12.5. The summed E-state index contributed by atoms with van der Waals surface area (Å²) >= 11 is 0. The molecule has 182 valence electrons. The van der Waals surface area contributed by atoms with Crippen molar-refractivity contribution in [2.45, 2.75) is 115 Å². The van der Waals surface area contributed by atoms with E-state index in [9.17, 15) is 25.2 Å². The van der Waals surface area contributed by atoms with Gasteiger partial charge in [0.2, 0.25) is 5.91 Å². The molecule has 0 aromatic rings. The molecule has 8 atom stereocenters. The van der Waals surface area contributed by atoms with Crippen molar-refractivity contribution in [2.24, 2.45) is 23.2 Å². The van der Waals surface area contributed by atoms with Crippen LogP contribution in [0.2, 0.25) is 0 Å². The molecule has 2 aliphatic heterocycles. The first-order valence-corrected chi connectivity index (χ1v) is 12.5. The van der Waals surface area contributed by atoms with E-state index in [1.54, 1.807) is 0 Å². The van der Waals surface area contributed by atoms with Gasteiger partial charge >= 0.3 is 0 Å². The third kappa shape index (κ3) is 3.85. The number of fused-ring (bicyclic) bond motifs is 5. The number of hydrogen-bond acceptors (Lipinski definition) is 5. The Morgan fingerprint density at radius 1 is 1.12 bits per heavy atom. The van der Waals surface area contributed by atoms with Crippen molar-refractivity contribution in [3.8, 4) is 0 Å². The number of aliphatic hydroxyl groups excluding tert-OH is 2. The van der Waals surface area contributed by atoms with E-state index in [2.05, 4.69) is 19.9 Å². The number of allylic oxidation sites excluding steroid dienone is 2. The minimum Gasteiger partial charge on any atom is -0.390 e. The molecule has 6 heteroatoms. The van der Waals surface area contributed by atoms with Crippen LogP contribution >= 0.6 is 0 Å². The maximum Gasteiger partial charge on any atom is 0.223 e. The zero-order chi connectivity index (χ0) is 23.7. The molecule has 0 spiro atoms. The van der Waals surface area contributed by atoms with E-state index in [1.807, 2.05) is 25.7 Å². The third-order valence-electron chi connectivity index (χ3n) is 9.63. The second-order valence-electron chi connectivity index (χ2n) is 12.5. The van der Waals surface area contributed by atoms with E-state index in [-0.39, 0.29) is 35.6 Å². The Morgan fingerprint density at radius 3 is 2.47 bits per heavy atom. The predicted octanol–water partition coefficient (Wildman–Crippen LogP) is 2.77. The van der Waals surface area contributed by atoms with Crippen LogP contribution in [0.25, 0.3) is 0 Å². The summed E-state index contributed by atoms with van der Waals surface area (Å²) in [6.07, 6.45) is 6.34. The Morgan fingerprint density at radius 2 is 1.81 bits per heavy atom. The van der Waals surface area contributed by atoms with Crippen LogP contribution in [-0.2, 0) is 4.79 Å². The number of carbonyl (C=O) groups excluding carboxylic acids is 1. The molecule has 0 aromatic heterocycles. The van der Waals surface area contributed by atoms with Crippen LogP contribution < -0.4 is 0 Å². The van der Waals surface area contributed by atoms with Crippen molar-refractivity contribution in [1.82, 2.24) is 4.90 Å². The molecule has 2 saturated heterocycles. The van der Waals surface area contributed by atoms with E-state index < -0.39 is 28.9 Å². The topological polar surface area (TPSA) is 101 Å². The molecule has 4 aliphatic rings. The minimum atomic E-state index is -0.869. The van der Waals surface area contributed by atoms with Gasteiger partial charge in [-0.25, -0.2) is 0 Å². The van der Waals surface area contributed by atoms with Crippen LogP contribution in [0.3, 0.4) is 0 Å². The van der Waals surface area contributed by atoms with E-state index in [0.717, 1.165) is 25.7 Å². The van der Waals surface area contributed by atoms with Crippen molar-refractivity contribution >= 4 is 5.91 Å². The standard InChI is InChI=1S/C26H43NO5/c1-23(2,31)10-6-11-26(5,32)21-8-7-17-16-13-22(30)27-15-20(29)19(28)14-25(27,4)18(16)9-12-24(17,21)3/h7,16,18-21,28-29,31-32H,6,8-15H2,1-5H3. The highest BCUT2D eigenvalue weighted by molar-refractivity contribution is 5.79. The number of hydrogen-bond donors (Lipinski definition) is 4. The van der Waals surface area contributed by atoms with Crippen molar-refractivity contribution in [3.05, 3.63) is 11.6 Å². The zero-order valence-electron chi connectivity index (χ0n) is 20.5. The fourth-order valence-corrected chi connectivity index (χ4v) is 7.92. The van der Waals surface area contributed by atoms with Crippen molar-refractivity contribution in [2.75, 3.05) is 6.54 Å². The molecule has 0 aromatic carbocycles. The van der Waals surface area contributed by atoms with Crippen LogP contribution in [0.5, 0.6) is 0 Å². The van der Waals surface area contributed by atoms with Gasteiger partial charge in [0.15, 0.2) is 0 Å². The fourth-order valence-electron chi connectivity index (χ4n) is 7.92. The highest BCUT2D eigenvalue weighted by atomic mass is 16.3. The Bertz CT molecular complexity index is 786. The monoisotopic (exact) mass is 449 g/mol. The zero-order valence-corrected chi connectivity index (χ0v) is 20.5. The molecule has 6 nitrogen and oxygen atoms in total. The van der Waals surface area contributed by atoms with Gasteiger partial charge in [-0.2, -0.15) is 0 Å². The molecule has 8 unspecified atom stereocenters. The molecule has 2 aliphatic carbocycles. The maximum absolute atomic E-state index is 13.2. The molecule has 4 rings (SSSR count). The molecule has 1 saturated carbocycles. The largest absolute Gasteiger partial charge is 0.390 e. The smallest absolute Gasteiger partial charge is 0.223 e. The van der Waals surface area contributed by atoms with E-state index in [4.69, 9.17) is 0 Å². The first-order chi connectivity index (χ1) is 14.7. The van der Waals surface area contributed by atoms with Gasteiger partial charge in [0.05, 0.1) is 23.4 Å². The van der Waals surface area contributed by atoms with Gasteiger partial charge in [0.1, 0.15) is 0 Å². The Labute approximate surface area is 192 Å². The van der Waals surface area contributed by atoms with Gasteiger partial charge in [-0.3, -0.25) is 4.79 Å². The Balaban J connectivity index is 1.55. The second-order valence-corrected chi connectivity index (χ2v) is 12.5. The van der Waals surface area contributed by atoms with Gasteiger partial charge in [-0.15, -0.1) is 0 Å². The van der Waals surface area contributed by atoms with Gasteiger partial charge in [-0.1, -0.05) is 18.6 Å².